The number of para-hydroxylation sites is 1. The number of unbranched alkanes of at least 4 members (excludes halogenated alkanes) is 1. The molecule has 2 aromatic rings. The third-order valence-corrected chi connectivity index (χ3v) is 3.69. The third kappa shape index (κ3) is 3.41. The van der Waals surface area contributed by atoms with Crippen molar-refractivity contribution >= 4 is 0 Å². The largest absolute Gasteiger partial charge is 0.332 e. The van der Waals surface area contributed by atoms with Crippen LogP contribution in [0.2, 0.25) is 0 Å². The van der Waals surface area contributed by atoms with Gasteiger partial charge in [0.25, 0.3) is 0 Å². The van der Waals surface area contributed by atoms with E-state index in [2.05, 4.69) is 20.8 Å². The lowest BCUT2D eigenvalue weighted by Crippen LogP contribution is -2.29. The van der Waals surface area contributed by atoms with Gasteiger partial charge >= 0.3 is 5.69 Å². The van der Waals surface area contributed by atoms with Crippen LogP contribution in [0.5, 0.6) is 0 Å². The van der Waals surface area contributed by atoms with Crippen molar-refractivity contribution in [1.82, 2.24) is 9.13 Å². The van der Waals surface area contributed by atoms with E-state index < -0.39 is 0 Å². The zero-order valence-electron chi connectivity index (χ0n) is 12.7. The SMILES string of the molecule is CCCCC(C)(C)Cn1ccn(-c2ccccc2)c1=O. The van der Waals surface area contributed by atoms with E-state index in [1.165, 1.54) is 12.8 Å². The first-order valence-corrected chi connectivity index (χ1v) is 7.37. The minimum Gasteiger partial charge on any atom is -0.298 e. The molecule has 0 unspecified atom stereocenters. The Hall–Kier alpha value is -1.77. The number of benzene rings is 1. The lowest BCUT2D eigenvalue weighted by molar-refractivity contribution is 0.270. The van der Waals surface area contributed by atoms with Crippen LogP contribution >= 0.6 is 0 Å². The summed E-state index contributed by atoms with van der Waals surface area (Å²) in [6.07, 6.45) is 7.30. The van der Waals surface area contributed by atoms with E-state index in [1.54, 1.807) is 4.57 Å². The molecule has 1 aromatic heterocycles. The topological polar surface area (TPSA) is 26.9 Å². The van der Waals surface area contributed by atoms with Gasteiger partial charge in [-0.3, -0.25) is 9.13 Å². The van der Waals surface area contributed by atoms with Gasteiger partial charge in [0, 0.05) is 18.9 Å². The molecular weight excluding hydrogens is 248 g/mol. The number of hydrogen-bond donors (Lipinski definition) is 0. The standard InChI is InChI=1S/C17H24N2O/c1-4-5-11-17(2,3)14-18-12-13-19(16(18)20)15-9-7-6-8-10-15/h6-10,12-13H,4-5,11,14H2,1-3H3. The summed E-state index contributed by atoms with van der Waals surface area (Å²) in [6.45, 7) is 7.43. The Morgan fingerprint density at radius 1 is 1.10 bits per heavy atom. The predicted octanol–water partition coefficient (Wildman–Crippen LogP) is 3.86. The quantitative estimate of drug-likeness (QED) is 0.784. The average molecular weight is 272 g/mol. The Morgan fingerprint density at radius 2 is 1.80 bits per heavy atom. The van der Waals surface area contributed by atoms with E-state index in [1.807, 2.05) is 47.3 Å². The molecule has 0 saturated carbocycles. The van der Waals surface area contributed by atoms with E-state index in [0.29, 0.717) is 0 Å². The van der Waals surface area contributed by atoms with Crippen molar-refractivity contribution in [1.29, 1.82) is 0 Å². The second-order valence-corrected chi connectivity index (χ2v) is 6.18. The molecule has 3 heteroatoms. The molecule has 108 valence electrons. The van der Waals surface area contributed by atoms with Crippen LogP contribution < -0.4 is 5.69 Å². The maximum absolute atomic E-state index is 12.4. The van der Waals surface area contributed by atoms with Gasteiger partial charge in [0.1, 0.15) is 0 Å². The smallest absolute Gasteiger partial charge is 0.298 e. The lowest BCUT2D eigenvalue weighted by Gasteiger charge is -2.24. The predicted molar refractivity (Wildman–Crippen MR) is 83.3 cm³/mol. The number of nitrogens with zero attached hydrogens (tertiary/aromatic N) is 2. The first-order valence-electron chi connectivity index (χ1n) is 7.37. The molecule has 0 bridgehead atoms. The van der Waals surface area contributed by atoms with Gasteiger partial charge in [0.2, 0.25) is 0 Å². The van der Waals surface area contributed by atoms with E-state index in [0.717, 1.165) is 18.7 Å². The molecule has 1 aromatic carbocycles. The summed E-state index contributed by atoms with van der Waals surface area (Å²) in [5, 5.41) is 0. The molecule has 0 saturated heterocycles. The molecule has 0 spiro atoms. The van der Waals surface area contributed by atoms with E-state index in [4.69, 9.17) is 0 Å². The van der Waals surface area contributed by atoms with Crippen molar-refractivity contribution in [2.75, 3.05) is 0 Å². The summed E-state index contributed by atoms with van der Waals surface area (Å²) >= 11 is 0. The van der Waals surface area contributed by atoms with E-state index >= 15 is 0 Å². The molecule has 0 radical (unpaired) electrons. The molecule has 0 atom stereocenters. The Labute approximate surface area is 120 Å². The Balaban J connectivity index is 2.20. The fourth-order valence-corrected chi connectivity index (χ4v) is 2.51. The Morgan fingerprint density at radius 3 is 2.45 bits per heavy atom. The minimum absolute atomic E-state index is 0.0424. The molecule has 0 amide bonds. The van der Waals surface area contributed by atoms with Gasteiger partial charge in [-0.1, -0.05) is 51.8 Å². The van der Waals surface area contributed by atoms with Crippen molar-refractivity contribution in [3.63, 3.8) is 0 Å². The van der Waals surface area contributed by atoms with Gasteiger partial charge in [-0.15, -0.1) is 0 Å². The van der Waals surface area contributed by atoms with Gasteiger partial charge in [0.05, 0.1) is 5.69 Å². The van der Waals surface area contributed by atoms with Gasteiger partial charge in [-0.2, -0.15) is 0 Å². The second kappa shape index (κ2) is 6.12. The monoisotopic (exact) mass is 272 g/mol. The normalized spacial score (nSPS) is 11.8. The molecule has 1 heterocycles. The zero-order valence-corrected chi connectivity index (χ0v) is 12.7. The molecule has 0 aliphatic rings. The number of aromatic nitrogens is 2. The van der Waals surface area contributed by atoms with E-state index in [-0.39, 0.29) is 11.1 Å². The van der Waals surface area contributed by atoms with Crippen LogP contribution in [-0.2, 0) is 6.54 Å². The van der Waals surface area contributed by atoms with Crippen LogP contribution in [-0.4, -0.2) is 9.13 Å². The molecular formula is C17H24N2O. The van der Waals surface area contributed by atoms with Crippen LogP contribution in [0.1, 0.15) is 40.0 Å². The fraction of sp³-hybridized carbons (Fsp3) is 0.471. The molecule has 0 N–H and O–H groups in total. The summed E-state index contributed by atoms with van der Waals surface area (Å²) in [5.41, 5.74) is 1.12. The molecule has 0 fully saturated rings. The van der Waals surface area contributed by atoms with Gasteiger partial charge in [-0.25, -0.2) is 4.79 Å². The van der Waals surface area contributed by atoms with Gasteiger partial charge in [0.15, 0.2) is 0 Å². The highest BCUT2D eigenvalue weighted by Gasteiger charge is 2.19. The van der Waals surface area contributed by atoms with Crippen LogP contribution in [0.15, 0.2) is 47.5 Å². The van der Waals surface area contributed by atoms with Crippen molar-refractivity contribution in [2.24, 2.45) is 5.41 Å². The molecule has 2 rings (SSSR count). The fourth-order valence-electron chi connectivity index (χ4n) is 2.51. The molecule has 0 aliphatic carbocycles. The first kappa shape index (κ1) is 14.6. The van der Waals surface area contributed by atoms with Crippen LogP contribution in [0.3, 0.4) is 0 Å². The highest BCUT2D eigenvalue weighted by atomic mass is 16.1. The zero-order chi connectivity index (χ0) is 14.6. The van der Waals surface area contributed by atoms with Crippen molar-refractivity contribution < 1.29 is 0 Å². The molecule has 3 nitrogen and oxygen atoms in total. The highest BCUT2D eigenvalue weighted by molar-refractivity contribution is 5.30. The summed E-state index contributed by atoms with van der Waals surface area (Å²) in [7, 11) is 0. The summed E-state index contributed by atoms with van der Waals surface area (Å²) < 4.78 is 3.53. The molecule has 20 heavy (non-hydrogen) atoms. The number of imidazole rings is 1. The van der Waals surface area contributed by atoms with Crippen LogP contribution in [0.4, 0.5) is 0 Å². The van der Waals surface area contributed by atoms with Crippen molar-refractivity contribution in [3.05, 3.63) is 53.2 Å². The maximum Gasteiger partial charge on any atom is 0.332 e. The van der Waals surface area contributed by atoms with Gasteiger partial charge in [-0.05, 0) is 24.0 Å². The highest BCUT2D eigenvalue weighted by Crippen LogP contribution is 2.24. The first-order chi connectivity index (χ1) is 9.53. The van der Waals surface area contributed by atoms with Crippen molar-refractivity contribution in [2.45, 2.75) is 46.6 Å². The number of hydrogen-bond acceptors (Lipinski definition) is 1. The lowest BCUT2D eigenvalue weighted by atomic mass is 9.87. The van der Waals surface area contributed by atoms with Gasteiger partial charge < -0.3 is 0 Å². The summed E-state index contributed by atoms with van der Waals surface area (Å²) in [4.78, 5) is 12.4. The number of rotatable bonds is 6. The van der Waals surface area contributed by atoms with Crippen LogP contribution in [0.25, 0.3) is 5.69 Å². The van der Waals surface area contributed by atoms with Crippen molar-refractivity contribution in [3.8, 4) is 5.69 Å². The minimum atomic E-state index is 0.0424. The summed E-state index contributed by atoms with van der Waals surface area (Å²) in [6, 6.07) is 9.76. The Kier molecular flexibility index (Phi) is 4.48. The van der Waals surface area contributed by atoms with E-state index in [9.17, 15) is 4.79 Å². The third-order valence-electron chi connectivity index (χ3n) is 3.69. The average Bonchev–Trinajstić information content (AvgIpc) is 2.78. The molecule has 0 aliphatic heterocycles. The maximum atomic E-state index is 12.4. The summed E-state index contributed by atoms with van der Waals surface area (Å²) in [5.74, 6) is 0. The second-order valence-electron chi connectivity index (χ2n) is 6.18. The Bertz CT molecular complexity index is 593. The van der Waals surface area contributed by atoms with Crippen LogP contribution in [0, 0.1) is 5.41 Å².